The number of aromatic amines is 3. The maximum Gasteiger partial charge on any atom is 0.273 e. The monoisotopic (exact) mass is 416 g/mol. The smallest absolute Gasteiger partial charge is 0.273 e. The Morgan fingerprint density at radius 3 is 2.71 bits per heavy atom. The standard InChI is InChI=1S/C22H24N8O/c1-13-15(4-5-24-14-2-3-14)20(19-12-23-6-7-26-19)17(29-13)10-18-21(27-9-8-25-18)16-11-28-30-22(16)31/h6-9,11-12,14,24,29H,2-5,10H2,1H3,(H2,28,30,31). The molecule has 1 saturated carbocycles. The summed E-state index contributed by atoms with van der Waals surface area (Å²) in [5, 5.41) is 8.89. The molecule has 31 heavy (non-hydrogen) atoms. The fourth-order valence-corrected chi connectivity index (χ4v) is 3.98. The lowest BCUT2D eigenvalue weighted by atomic mass is 9.99. The quantitative estimate of drug-likeness (QED) is 0.348. The predicted octanol–water partition coefficient (Wildman–Crippen LogP) is 2.14. The molecular formula is C22H24N8O. The lowest BCUT2D eigenvalue weighted by Crippen LogP contribution is -2.19. The minimum Gasteiger partial charge on any atom is -0.361 e. The van der Waals surface area contributed by atoms with Gasteiger partial charge in [-0.15, -0.1) is 0 Å². The number of aromatic nitrogens is 7. The molecule has 4 heterocycles. The molecule has 0 atom stereocenters. The SMILES string of the molecule is Cc1[nH]c(Cc2nccnc2-c2c[nH][nH]c2=O)c(-c2cnccn2)c1CCNC1CC1. The third-order valence-electron chi connectivity index (χ3n) is 5.62. The number of H-pyrrole nitrogens is 3. The van der Waals surface area contributed by atoms with E-state index in [0.717, 1.165) is 41.3 Å². The van der Waals surface area contributed by atoms with Crippen molar-refractivity contribution in [2.24, 2.45) is 0 Å². The Bertz CT molecular complexity index is 1240. The van der Waals surface area contributed by atoms with Gasteiger partial charge in [-0.05, 0) is 38.3 Å². The molecule has 0 saturated heterocycles. The van der Waals surface area contributed by atoms with Crippen molar-refractivity contribution >= 4 is 0 Å². The average Bonchev–Trinajstić information content (AvgIpc) is 3.43. The Morgan fingerprint density at radius 1 is 1.13 bits per heavy atom. The molecule has 0 aliphatic heterocycles. The number of nitrogens with zero attached hydrogens (tertiary/aromatic N) is 4. The first-order chi connectivity index (χ1) is 15.2. The van der Waals surface area contributed by atoms with Crippen LogP contribution in [0.5, 0.6) is 0 Å². The van der Waals surface area contributed by atoms with E-state index in [9.17, 15) is 4.79 Å². The zero-order valence-electron chi connectivity index (χ0n) is 17.3. The molecule has 9 nitrogen and oxygen atoms in total. The van der Waals surface area contributed by atoms with Crippen LogP contribution in [0.4, 0.5) is 0 Å². The van der Waals surface area contributed by atoms with E-state index < -0.39 is 0 Å². The predicted molar refractivity (Wildman–Crippen MR) is 117 cm³/mol. The fourth-order valence-electron chi connectivity index (χ4n) is 3.98. The van der Waals surface area contributed by atoms with Gasteiger partial charge in [-0.25, -0.2) is 0 Å². The summed E-state index contributed by atoms with van der Waals surface area (Å²) in [5.41, 5.74) is 6.77. The molecule has 4 aromatic heterocycles. The van der Waals surface area contributed by atoms with Gasteiger partial charge in [0.15, 0.2) is 0 Å². The van der Waals surface area contributed by atoms with Crippen LogP contribution in [0.15, 0.2) is 42.0 Å². The third kappa shape index (κ3) is 4.04. The Labute approximate surface area is 178 Å². The van der Waals surface area contributed by atoms with E-state index in [1.807, 2.05) is 0 Å². The summed E-state index contributed by atoms with van der Waals surface area (Å²) >= 11 is 0. The van der Waals surface area contributed by atoms with Gasteiger partial charge < -0.3 is 15.4 Å². The lowest BCUT2D eigenvalue weighted by molar-refractivity contribution is 0.681. The average molecular weight is 416 g/mol. The van der Waals surface area contributed by atoms with Crippen LogP contribution in [-0.4, -0.2) is 47.7 Å². The van der Waals surface area contributed by atoms with E-state index in [1.54, 1.807) is 37.2 Å². The molecule has 1 fully saturated rings. The third-order valence-corrected chi connectivity index (χ3v) is 5.62. The molecule has 0 radical (unpaired) electrons. The number of hydrogen-bond acceptors (Lipinski definition) is 6. The Kier molecular flexibility index (Phi) is 5.17. The van der Waals surface area contributed by atoms with Crippen LogP contribution < -0.4 is 10.9 Å². The Balaban J connectivity index is 1.54. The van der Waals surface area contributed by atoms with Gasteiger partial charge in [0.1, 0.15) is 0 Å². The molecule has 158 valence electrons. The zero-order chi connectivity index (χ0) is 21.2. The normalized spacial score (nSPS) is 13.6. The summed E-state index contributed by atoms with van der Waals surface area (Å²) in [6.07, 6.45) is 14.0. The highest BCUT2D eigenvalue weighted by atomic mass is 16.1. The second kappa shape index (κ2) is 8.27. The molecule has 0 aromatic carbocycles. The lowest BCUT2D eigenvalue weighted by Gasteiger charge is -2.09. The summed E-state index contributed by atoms with van der Waals surface area (Å²) in [6.45, 7) is 3.01. The van der Waals surface area contributed by atoms with Crippen molar-refractivity contribution in [1.82, 2.24) is 40.4 Å². The minimum absolute atomic E-state index is 0.217. The van der Waals surface area contributed by atoms with Gasteiger partial charge in [0.2, 0.25) is 0 Å². The van der Waals surface area contributed by atoms with Crippen LogP contribution in [0, 0.1) is 6.92 Å². The molecule has 0 bridgehead atoms. The van der Waals surface area contributed by atoms with Crippen molar-refractivity contribution in [3.63, 3.8) is 0 Å². The first-order valence-electron chi connectivity index (χ1n) is 10.5. The van der Waals surface area contributed by atoms with Crippen molar-refractivity contribution in [2.45, 2.75) is 38.6 Å². The molecule has 9 heteroatoms. The van der Waals surface area contributed by atoms with Gasteiger partial charge in [0, 0.05) is 60.4 Å². The van der Waals surface area contributed by atoms with Crippen LogP contribution in [0.1, 0.15) is 35.5 Å². The minimum atomic E-state index is -0.217. The largest absolute Gasteiger partial charge is 0.361 e. The van der Waals surface area contributed by atoms with Crippen LogP contribution in [0.3, 0.4) is 0 Å². The maximum atomic E-state index is 12.2. The van der Waals surface area contributed by atoms with Crippen molar-refractivity contribution in [3.05, 3.63) is 70.2 Å². The van der Waals surface area contributed by atoms with Crippen molar-refractivity contribution in [3.8, 4) is 22.5 Å². The topological polar surface area (TPSA) is 128 Å². The number of nitrogens with one attached hydrogen (secondary N) is 4. The summed E-state index contributed by atoms with van der Waals surface area (Å²) in [4.78, 5) is 33.5. The zero-order valence-corrected chi connectivity index (χ0v) is 17.3. The van der Waals surface area contributed by atoms with Gasteiger partial charge >= 0.3 is 0 Å². The van der Waals surface area contributed by atoms with Gasteiger partial charge in [0.05, 0.1) is 28.8 Å². The molecule has 5 rings (SSSR count). The summed E-state index contributed by atoms with van der Waals surface area (Å²) < 4.78 is 0. The summed E-state index contributed by atoms with van der Waals surface area (Å²) in [5.74, 6) is 0. The number of aryl methyl sites for hydroxylation is 1. The van der Waals surface area contributed by atoms with Crippen LogP contribution >= 0.6 is 0 Å². The number of rotatable bonds is 8. The molecule has 1 aliphatic carbocycles. The molecular weight excluding hydrogens is 392 g/mol. The van der Waals surface area contributed by atoms with E-state index in [1.165, 1.54) is 18.4 Å². The summed E-state index contributed by atoms with van der Waals surface area (Å²) in [7, 11) is 0. The molecule has 0 unspecified atom stereocenters. The first kappa shape index (κ1) is 19.4. The van der Waals surface area contributed by atoms with E-state index >= 15 is 0 Å². The van der Waals surface area contributed by atoms with Gasteiger partial charge in [-0.1, -0.05) is 0 Å². The number of hydrogen-bond donors (Lipinski definition) is 4. The first-order valence-corrected chi connectivity index (χ1v) is 10.5. The highest BCUT2D eigenvalue weighted by molar-refractivity contribution is 5.69. The van der Waals surface area contributed by atoms with E-state index in [2.05, 4.69) is 47.4 Å². The molecule has 1 aliphatic rings. The molecule has 4 aromatic rings. The highest BCUT2D eigenvalue weighted by Crippen LogP contribution is 2.31. The van der Waals surface area contributed by atoms with E-state index in [-0.39, 0.29) is 5.56 Å². The van der Waals surface area contributed by atoms with Crippen LogP contribution in [0.25, 0.3) is 22.5 Å². The van der Waals surface area contributed by atoms with Crippen molar-refractivity contribution < 1.29 is 0 Å². The van der Waals surface area contributed by atoms with Gasteiger partial charge in [0.25, 0.3) is 5.56 Å². The van der Waals surface area contributed by atoms with E-state index in [0.29, 0.717) is 23.7 Å². The maximum absolute atomic E-state index is 12.2. The Hall–Kier alpha value is -3.59. The van der Waals surface area contributed by atoms with Crippen molar-refractivity contribution in [2.75, 3.05) is 6.54 Å². The highest BCUT2D eigenvalue weighted by Gasteiger charge is 2.23. The van der Waals surface area contributed by atoms with Gasteiger partial charge in [-0.2, -0.15) is 0 Å². The summed E-state index contributed by atoms with van der Waals surface area (Å²) in [6, 6.07) is 0.667. The Morgan fingerprint density at radius 2 is 1.97 bits per heavy atom. The second-order valence-electron chi connectivity index (χ2n) is 7.84. The van der Waals surface area contributed by atoms with Gasteiger partial charge in [-0.3, -0.25) is 29.8 Å². The van der Waals surface area contributed by atoms with Crippen molar-refractivity contribution in [1.29, 1.82) is 0 Å². The fraction of sp³-hybridized carbons (Fsp3) is 0.318. The molecule has 0 spiro atoms. The molecule has 0 amide bonds. The van der Waals surface area contributed by atoms with Crippen LogP contribution in [0.2, 0.25) is 0 Å². The van der Waals surface area contributed by atoms with Crippen LogP contribution in [-0.2, 0) is 12.8 Å². The second-order valence-corrected chi connectivity index (χ2v) is 7.84. The molecule has 4 N–H and O–H groups in total. The van der Waals surface area contributed by atoms with E-state index in [4.69, 9.17) is 0 Å².